The lowest BCUT2D eigenvalue weighted by molar-refractivity contribution is -0.140. The molecule has 0 spiro atoms. The van der Waals surface area contributed by atoms with Crippen LogP contribution in [0.3, 0.4) is 0 Å². The van der Waals surface area contributed by atoms with Gasteiger partial charge in [0.05, 0.1) is 31.1 Å². The number of carbonyl (C=O) groups is 1. The Kier molecular flexibility index (Phi) is 4.91. The Morgan fingerprint density at radius 3 is 2.94 bits per heavy atom. The van der Waals surface area contributed by atoms with Crippen molar-refractivity contribution in [2.75, 3.05) is 26.3 Å². The van der Waals surface area contributed by atoms with Crippen LogP contribution in [0.1, 0.15) is 26.7 Å². The number of rotatable bonds is 5. The number of hydrogen-bond acceptors (Lipinski definition) is 4. The number of carboxylic acids is 1. The molecule has 17 heavy (non-hydrogen) atoms. The smallest absolute Gasteiger partial charge is 0.305 e. The van der Waals surface area contributed by atoms with Gasteiger partial charge in [-0.15, -0.1) is 0 Å². The van der Waals surface area contributed by atoms with E-state index in [2.05, 4.69) is 11.0 Å². The zero-order valence-electron chi connectivity index (χ0n) is 10.5. The van der Waals surface area contributed by atoms with E-state index in [-0.39, 0.29) is 17.9 Å². The number of ether oxygens (including phenoxy) is 1. The average Bonchev–Trinajstić information content (AvgIpc) is 2.27. The number of hydrogen-bond donors (Lipinski definition) is 1. The lowest BCUT2D eigenvalue weighted by Gasteiger charge is -2.35. The average molecular weight is 240 g/mol. The van der Waals surface area contributed by atoms with Gasteiger partial charge in [0, 0.05) is 19.1 Å². The van der Waals surface area contributed by atoms with Crippen LogP contribution in [0, 0.1) is 16.7 Å². The first-order chi connectivity index (χ1) is 7.94. The van der Waals surface area contributed by atoms with E-state index in [0.29, 0.717) is 13.2 Å². The standard InChI is InChI=1S/C12H20N2O3/c1-12(2,9-13)3-4-14-5-6-17-8-10(14)7-11(15)16/h10H,3-8H2,1-2H3,(H,15,16). The molecule has 1 atom stereocenters. The van der Waals surface area contributed by atoms with Crippen LogP contribution < -0.4 is 0 Å². The summed E-state index contributed by atoms with van der Waals surface area (Å²) in [4.78, 5) is 12.9. The van der Waals surface area contributed by atoms with Crippen LogP contribution in [0.25, 0.3) is 0 Å². The maximum absolute atomic E-state index is 10.7. The van der Waals surface area contributed by atoms with Crippen molar-refractivity contribution in [2.45, 2.75) is 32.7 Å². The Morgan fingerprint density at radius 1 is 1.65 bits per heavy atom. The predicted molar refractivity (Wildman–Crippen MR) is 62.4 cm³/mol. The molecule has 1 rings (SSSR count). The minimum Gasteiger partial charge on any atom is -0.481 e. The van der Waals surface area contributed by atoms with E-state index in [9.17, 15) is 4.79 Å². The molecule has 5 heteroatoms. The predicted octanol–water partition coefficient (Wildman–Crippen LogP) is 1.10. The third-order valence-electron chi connectivity index (χ3n) is 3.09. The third-order valence-corrected chi connectivity index (χ3v) is 3.09. The molecule has 1 heterocycles. The fraction of sp³-hybridized carbons (Fsp3) is 0.833. The molecule has 0 radical (unpaired) electrons. The monoisotopic (exact) mass is 240 g/mol. The van der Waals surface area contributed by atoms with Crippen LogP contribution in [-0.2, 0) is 9.53 Å². The maximum atomic E-state index is 10.7. The highest BCUT2D eigenvalue weighted by atomic mass is 16.5. The van der Waals surface area contributed by atoms with Gasteiger partial charge in [0.2, 0.25) is 0 Å². The summed E-state index contributed by atoms with van der Waals surface area (Å²) < 4.78 is 5.30. The van der Waals surface area contributed by atoms with Crippen LogP contribution >= 0.6 is 0 Å². The van der Waals surface area contributed by atoms with Gasteiger partial charge in [-0.1, -0.05) is 0 Å². The number of nitrogens with zero attached hydrogens (tertiary/aromatic N) is 2. The zero-order valence-corrected chi connectivity index (χ0v) is 10.5. The molecule has 1 aliphatic rings. The summed E-state index contributed by atoms with van der Waals surface area (Å²) in [5, 5.41) is 17.8. The normalized spacial score (nSPS) is 22.1. The molecule has 0 aliphatic carbocycles. The van der Waals surface area contributed by atoms with Gasteiger partial charge in [-0.2, -0.15) is 5.26 Å². The van der Waals surface area contributed by atoms with Crippen molar-refractivity contribution in [3.8, 4) is 6.07 Å². The van der Waals surface area contributed by atoms with E-state index in [1.165, 1.54) is 0 Å². The molecule has 0 aromatic heterocycles. The van der Waals surface area contributed by atoms with Crippen LogP contribution in [0.2, 0.25) is 0 Å². The van der Waals surface area contributed by atoms with Crippen LogP contribution in [0.5, 0.6) is 0 Å². The first-order valence-corrected chi connectivity index (χ1v) is 5.89. The molecule has 0 saturated carbocycles. The molecule has 1 unspecified atom stereocenters. The van der Waals surface area contributed by atoms with E-state index in [0.717, 1.165) is 19.5 Å². The van der Waals surface area contributed by atoms with E-state index in [1.54, 1.807) is 0 Å². The Morgan fingerprint density at radius 2 is 2.35 bits per heavy atom. The molecule has 1 saturated heterocycles. The highest BCUT2D eigenvalue weighted by molar-refractivity contribution is 5.67. The van der Waals surface area contributed by atoms with Gasteiger partial charge >= 0.3 is 5.97 Å². The molecule has 0 bridgehead atoms. The molecular formula is C12H20N2O3. The second-order valence-corrected chi connectivity index (χ2v) is 5.11. The summed E-state index contributed by atoms with van der Waals surface area (Å²) in [6.45, 7) is 6.42. The van der Waals surface area contributed by atoms with Crippen molar-refractivity contribution >= 4 is 5.97 Å². The third kappa shape index (κ3) is 4.72. The van der Waals surface area contributed by atoms with Crippen LogP contribution in [0.15, 0.2) is 0 Å². The van der Waals surface area contributed by atoms with Crippen molar-refractivity contribution in [3.05, 3.63) is 0 Å². The lowest BCUT2D eigenvalue weighted by Crippen LogP contribution is -2.47. The molecule has 5 nitrogen and oxygen atoms in total. The molecule has 1 fully saturated rings. The minimum absolute atomic E-state index is 0.0595. The van der Waals surface area contributed by atoms with E-state index >= 15 is 0 Å². The highest BCUT2D eigenvalue weighted by Crippen LogP contribution is 2.21. The minimum atomic E-state index is -0.801. The molecular weight excluding hydrogens is 220 g/mol. The number of aliphatic carboxylic acids is 1. The van der Waals surface area contributed by atoms with E-state index in [4.69, 9.17) is 15.1 Å². The molecule has 0 aromatic rings. The van der Waals surface area contributed by atoms with Gasteiger partial charge in [0.15, 0.2) is 0 Å². The largest absolute Gasteiger partial charge is 0.481 e. The van der Waals surface area contributed by atoms with Gasteiger partial charge in [0.25, 0.3) is 0 Å². The topological polar surface area (TPSA) is 73.6 Å². The summed E-state index contributed by atoms with van der Waals surface area (Å²) in [6, 6.07) is 2.20. The summed E-state index contributed by atoms with van der Waals surface area (Å²) >= 11 is 0. The second-order valence-electron chi connectivity index (χ2n) is 5.11. The van der Waals surface area contributed by atoms with Crippen molar-refractivity contribution in [3.63, 3.8) is 0 Å². The van der Waals surface area contributed by atoms with Gasteiger partial charge < -0.3 is 9.84 Å². The van der Waals surface area contributed by atoms with Crippen molar-refractivity contribution in [2.24, 2.45) is 5.41 Å². The van der Waals surface area contributed by atoms with Crippen LogP contribution in [0.4, 0.5) is 0 Å². The molecule has 1 aliphatic heterocycles. The van der Waals surface area contributed by atoms with E-state index in [1.807, 2.05) is 13.8 Å². The summed E-state index contributed by atoms with van der Waals surface area (Å²) in [5.41, 5.74) is -0.355. The zero-order chi connectivity index (χ0) is 12.9. The van der Waals surface area contributed by atoms with Gasteiger partial charge in [-0.05, 0) is 20.3 Å². The Labute approximate surface area is 102 Å². The first-order valence-electron chi connectivity index (χ1n) is 5.89. The first kappa shape index (κ1) is 13.9. The molecule has 0 aromatic carbocycles. The summed E-state index contributed by atoms with van der Waals surface area (Å²) in [7, 11) is 0. The second kappa shape index (κ2) is 5.99. The highest BCUT2D eigenvalue weighted by Gasteiger charge is 2.27. The van der Waals surface area contributed by atoms with Gasteiger partial charge in [-0.3, -0.25) is 9.69 Å². The Hall–Kier alpha value is -1.12. The van der Waals surface area contributed by atoms with Gasteiger partial charge in [0.1, 0.15) is 0 Å². The fourth-order valence-corrected chi connectivity index (χ4v) is 1.85. The van der Waals surface area contributed by atoms with E-state index < -0.39 is 5.97 Å². The van der Waals surface area contributed by atoms with Crippen LogP contribution in [-0.4, -0.2) is 48.3 Å². The molecule has 1 N–H and O–H groups in total. The van der Waals surface area contributed by atoms with Crippen molar-refractivity contribution < 1.29 is 14.6 Å². The SMILES string of the molecule is CC(C)(C#N)CCN1CCOCC1CC(=O)O. The maximum Gasteiger partial charge on any atom is 0.305 e. The quantitative estimate of drug-likeness (QED) is 0.779. The fourth-order valence-electron chi connectivity index (χ4n) is 1.85. The number of morpholine rings is 1. The Balaban J connectivity index is 2.48. The summed E-state index contributed by atoms with van der Waals surface area (Å²) in [6.07, 6.45) is 0.854. The number of nitriles is 1. The molecule has 96 valence electrons. The summed E-state index contributed by atoms with van der Waals surface area (Å²) in [5.74, 6) is -0.801. The molecule has 0 amide bonds. The van der Waals surface area contributed by atoms with Gasteiger partial charge in [-0.25, -0.2) is 0 Å². The lowest BCUT2D eigenvalue weighted by atomic mass is 9.91. The van der Waals surface area contributed by atoms with Crippen molar-refractivity contribution in [1.82, 2.24) is 4.90 Å². The van der Waals surface area contributed by atoms with Crippen molar-refractivity contribution in [1.29, 1.82) is 5.26 Å². The number of carboxylic acid groups (broad SMARTS) is 1. The Bertz CT molecular complexity index is 309.